The van der Waals surface area contributed by atoms with Gasteiger partial charge in [-0.1, -0.05) is 22.0 Å². The van der Waals surface area contributed by atoms with Gasteiger partial charge in [-0.3, -0.25) is 0 Å². The van der Waals surface area contributed by atoms with Crippen molar-refractivity contribution in [2.75, 3.05) is 7.11 Å². The molecule has 1 aromatic heterocycles. The van der Waals surface area contributed by atoms with Crippen molar-refractivity contribution in [3.05, 3.63) is 53.0 Å². The molecule has 0 atom stereocenters. The fourth-order valence-electron chi connectivity index (χ4n) is 2.60. The van der Waals surface area contributed by atoms with Gasteiger partial charge >= 0.3 is 0 Å². The topological polar surface area (TPSA) is 22.4 Å². The van der Waals surface area contributed by atoms with E-state index >= 15 is 0 Å². The lowest BCUT2D eigenvalue weighted by molar-refractivity contribution is 0.414. The van der Waals surface area contributed by atoms with Crippen molar-refractivity contribution in [1.29, 1.82) is 0 Å². The molecule has 3 heteroatoms. The van der Waals surface area contributed by atoms with Gasteiger partial charge < -0.3 is 9.15 Å². The van der Waals surface area contributed by atoms with Crippen LogP contribution in [-0.4, -0.2) is 7.11 Å². The largest absolute Gasteiger partial charge is 0.497 e. The van der Waals surface area contributed by atoms with E-state index in [9.17, 15) is 0 Å². The van der Waals surface area contributed by atoms with Crippen LogP contribution < -0.4 is 4.74 Å². The first kappa shape index (κ1) is 11.8. The summed E-state index contributed by atoms with van der Waals surface area (Å²) in [4.78, 5) is 0. The number of hydrogen-bond donors (Lipinski definition) is 0. The standard InChI is InChI=1S/C17H11BrO2/c1-19-13-4-5-14-15-7-10-2-3-12(18)6-11(10)8-16(15)20-17(14)9-13/h2-9H,1H3. The van der Waals surface area contributed by atoms with E-state index in [-0.39, 0.29) is 0 Å². The third-order valence-corrected chi connectivity index (χ3v) is 4.09. The Bertz CT molecular complexity index is 953. The number of hydrogen-bond acceptors (Lipinski definition) is 2. The summed E-state index contributed by atoms with van der Waals surface area (Å²) in [7, 11) is 1.66. The SMILES string of the molecule is COc1ccc2c(c1)oc1cc3cc(Br)ccc3cc12. The zero-order valence-electron chi connectivity index (χ0n) is 10.8. The first-order valence-electron chi connectivity index (χ1n) is 6.34. The highest BCUT2D eigenvalue weighted by Gasteiger charge is 2.09. The minimum atomic E-state index is 0.809. The molecule has 0 saturated heterocycles. The molecular weight excluding hydrogens is 316 g/mol. The van der Waals surface area contributed by atoms with E-state index in [1.54, 1.807) is 7.11 Å². The molecule has 0 bridgehead atoms. The number of methoxy groups -OCH3 is 1. The third-order valence-electron chi connectivity index (χ3n) is 3.60. The van der Waals surface area contributed by atoms with Gasteiger partial charge in [0.1, 0.15) is 16.9 Å². The monoisotopic (exact) mass is 326 g/mol. The molecular formula is C17H11BrO2. The summed E-state index contributed by atoms with van der Waals surface area (Å²) >= 11 is 3.50. The maximum atomic E-state index is 5.95. The van der Waals surface area contributed by atoms with Gasteiger partial charge in [0.25, 0.3) is 0 Å². The van der Waals surface area contributed by atoms with Gasteiger partial charge in [0.2, 0.25) is 0 Å². The van der Waals surface area contributed by atoms with Gasteiger partial charge in [-0.25, -0.2) is 0 Å². The van der Waals surface area contributed by atoms with Crippen LogP contribution in [-0.2, 0) is 0 Å². The lowest BCUT2D eigenvalue weighted by atomic mass is 10.1. The lowest BCUT2D eigenvalue weighted by Gasteiger charge is -1.99. The highest BCUT2D eigenvalue weighted by atomic mass is 79.9. The molecule has 0 fully saturated rings. The highest BCUT2D eigenvalue weighted by Crippen LogP contribution is 2.34. The molecule has 0 aliphatic rings. The predicted molar refractivity (Wildman–Crippen MR) is 85.5 cm³/mol. The Labute approximate surface area is 124 Å². The number of rotatable bonds is 1. The lowest BCUT2D eigenvalue weighted by Crippen LogP contribution is -1.80. The van der Waals surface area contributed by atoms with E-state index in [2.05, 4.69) is 46.3 Å². The van der Waals surface area contributed by atoms with Crippen molar-refractivity contribution in [2.24, 2.45) is 0 Å². The zero-order chi connectivity index (χ0) is 13.7. The summed E-state index contributed by atoms with van der Waals surface area (Å²) < 4.78 is 12.3. The van der Waals surface area contributed by atoms with Crippen LogP contribution in [0, 0.1) is 0 Å². The molecule has 0 spiro atoms. The molecule has 2 nitrogen and oxygen atoms in total. The van der Waals surface area contributed by atoms with E-state index < -0.39 is 0 Å². The Kier molecular flexibility index (Phi) is 2.51. The Balaban J connectivity index is 2.12. The van der Waals surface area contributed by atoms with Crippen LogP contribution in [0.15, 0.2) is 57.4 Å². The molecule has 0 aliphatic heterocycles. The van der Waals surface area contributed by atoms with Crippen molar-refractivity contribution in [3.63, 3.8) is 0 Å². The zero-order valence-corrected chi connectivity index (χ0v) is 12.4. The van der Waals surface area contributed by atoms with E-state index in [4.69, 9.17) is 9.15 Å². The molecule has 0 unspecified atom stereocenters. The summed E-state index contributed by atoms with van der Waals surface area (Å²) in [5.41, 5.74) is 1.76. The first-order chi connectivity index (χ1) is 9.74. The summed E-state index contributed by atoms with van der Waals surface area (Å²) in [6.07, 6.45) is 0. The summed E-state index contributed by atoms with van der Waals surface area (Å²) in [5.74, 6) is 0.809. The Morgan fingerprint density at radius 2 is 1.70 bits per heavy atom. The third kappa shape index (κ3) is 1.70. The maximum Gasteiger partial charge on any atom is 0.139 e. The molecule has 4 aromatic rings. The molecule has 4 rings (SSSR count). The van der Waals surface area contributed by atoms with Crippen LogP contribution in [0.5, 0.6) is 5.75 Å². The Morgan fingerprint density at radius 1 is 0.850 bits per heavy atom. The highest BCUT2D eigenvalue weighted by molar-refractivity contribution is 9.10. The Hall–Kier alpha value is -2.00. The second-order valence-electron chi connectivity index (χ2n) is 4.80. The summed E-state index contributed by atoms with van der Waals surface area (Å²) in [6.45, 7) is 0. The minimum absolute atomic E-state index is 0.809. The second-order valence-corrected chi connectivity index (χ2v) is 5.72. The van der Waals surface area contributed by atoms with Gasteiger partial charge in [0, 0.05) is 21.3 Å². The van der Waals surface area contributed by atoms with Crippen molar-refractivity contribution in [1.82, 2.24) is 0 Å². The van der Waals surface area contributed by atoms with Crippen molar-refractivity contribution in [3.8, 4) is 5.75 Å². The van der Waals surface area contributed by atoms with Gasteiger partial charge in [0.15, 0.2) is 0 Å². The molecule has 0 N–H and O–H groups in total. The normalized spacial score (nSPS) is 11.5. The number of ether oxygens (including phenoxy) is 1. The molecule has 20 heavy (non-hydrogen) atoms. The molecule has 3 aromatic carbocycles. The maximum absolute atomic E-state index is 5.95. The summed E-state index contributed by atoms with van der Waals surface area (Å²) in [5, 5.41) is 4.63. The molecule has 1 heterocycles. The van der Waals surface area contributed by atoms with Gasteiger partial charge in [-0.05, 0) is 47.2 Å². The number of halogens is 1. The van der Waals surface area contributed by atoms with Gasteiger partial charge in [0.05, 0.1) is 7.11 Å². The average molecular weight is 327 g/mol. The Morgan fingerprint density at radius 3 is 2.55 bits per heavy atom. The predicted octanol–water partition coefficient (Wildman–Crippen LogP) is 5.51. The van der Waals surface area contributed by atoms with Crippen LogP contribution in [0.2, 0.25) is 0 Å². The number of furan rings is 1. The van der Waals surface area contributed by atoms with Crippen LogP contribution in [0.4, 0.5) is 0 Å². The second kappa shape index (κ2) is 4.25. The average Bonchev–Trinajstić information content (AvgIpc) is 2.81. The quantitative estimate of drug-likeness (QED) is 0.460. The van der Waals surface area contributed by atoms with E-state index in [1.807, 2.05) is 18.2 Å². The molecule has 0 radical (unpaired) electrons. The number of benzene rings is 3. The smallest absolute Gasteiger partial charge is 0.139 e. The van der Waals surface area contributed by atoms with Crippen LogP contribution in [0.1, 0.15) is 0 Å². The van der Waals surface area contributed by atoms with Crippen LogP contribution in [0.3, 0.4) is 0 Å². The van der Waals surface area contributed by atoms with E-state index in [1.165, 1.54) is 5.39 Å². The van der Waals surface area contributed by atoms with Gasteiger partial charge in [-0.15, -0.1) is 0 Å². The van der Waals surface area contributed by atoms with Gasteiger partial charge in [-0.2, -0.15) is 0 Å². The molecule has 0 saturated carbocycles. The van der Waals surface area contributed by atoms with Crippen LogP contribution >= 0.6 is 15.9 Å². The molecule has 0 amide bonds. The summed E-state index contributed by atoms with van der Waals surface area (Å²) in [6, 6.07) is 16.5. The van der Waals surface area contributed by atoms with Crippen LogP contribution in [0.25, 0.3) is 32.7 Å². The minimum Gasteiger partial charge on any atom is -0.497 e. The van der Waals surface area contributed by atoms with Crippen molar-refractivity contribution in [2.45, 2.75) is 0 Å². The molecule has 0 aliphatic carbocycles. The number of fused-ring (bicyclic) bond motifs is 4. The van der Waals surface area contributed by atoms with E-state index in [0.29, 0.717) is 0 Å². The fourth-order valence-corrected chi connectivity index (χ4v) is 2.98. The molecule has 98 valence electrons. The fraction of sp³-hybridized carbons (Fsp3) is 0.0588. The van der Waals surface area contributed by atoms with Crippen molar-refractivity contribution >= 4 is 48.6 Å². The van der Waals surface area contributed by atoms with Crippen molar-refractivity contribution < 1.29 is 9.15 Å². The van der Waals surface area contributed by atoms with E-state index in [0.717, 1.165) is 37.5 Å². The first-order valence-corrected chi connectivity index (χ1v) is 7.13.